The molecule has 0 atom stereocenters. The molecule has 0 aliphatic carbocycles. The van der Waals surface area contributed by atoms with Crippen LogP contribution in [-0.2, 0) is 19.6 Å². The fourth-order valence-electron chi connectivity index (χ4n) is 1.91. The summed E-state index contributed by atoms with van der Waals surface area (Å²) in [5.41, 5.74) is 1.19. The van der Waals surface area contributed by atoms with Gasteiger partial charge in [-0.1, -0.05) is 13.8 Å². The first kappa shape index (κ1) is 13.9. The quantitative estimate of drug-likeness (QED) is 0.833. The van der Waals surface area contributed by atoms with Crippen LogP contribution in [0.1, 0.15) is 30.9 Å². The lowest BCUT2D eigenvalue weighted by Crippen LogP contribution is -2.21. The van der Waals surface area contributed by atoms with E-state index >= 15 is 0 Å². The summed E-state index contributed by atoms with van der Waals surface area (Å²) >= 11 is 0. The summed E-state index contributed by atoms with van der Waals surface area (Å²) in [6, 6.07) is 6.48. The first-order valence-electron chi connectivity index (χ1n) is 6.64. The summed E-state index contributed by atoms with van der Waals surface area (Å²) in [6.45, 7) is 6.69. The Hall–Kier alpha value is -1.52. The number of nitrogens with one attached hydrogen (secondary N) is 1. The van der Waals surface area contributed by atoms with E-state index in [0.717, 1.165) is 31.2 Å². The van der Waals surface area contributed by atoms with E-state index in [0.29, 0.717) is 6.04 Å². The third-order valence-corrected chi connectivity index (χ3v) is 2.85. The SMILES string of the molecule is CC(C)NCc1coc(CN(C)Cc2ccco2)c1. The zero-order valence-corrected chi connectivity index (χ0v) is 11.8. The van der Waals surface area contributed by atoms with Crippen molar-refractivity contribution in [2.45, 2.75) is 39.5 Å². The van der Waals surface area contributed by atoms with E-state index < -0.39 is 0 Å². The molecule has 0 fully saturated rings. The Morgan fingerprint density at radius 3 is 2.68 bits per heavy atom. The van der Waals surface area contributed by atoms with Crippen LogP contribution >= 0.6 is 0 Å². The second kappa shape index (κ2) is 6.59. The van der Waals surface area contributed by atoms with E-state index in [1.54, 1.807) is 6.26 Å². The number of furan rings is 2. The smallest absolute Gasteiger partial charge is 0.118 e. The van der Waals surface area contributed by atoms with Crippen LogP contribution < -0.4 is 5.32 Å². The Balaban J connectivity index is 1.82. The number of hydrogen-bond donors (Lipinski definition) is 1. The largest absolute Gasteiger partial charge is 0.468 e. The monoisotopic (exact) mass is 262 g/mol. The van der Waals surface area contributed by atoms with Crippen LogP contribution in [0.25, 0.3) is 0 Å². The van der Waals surface area contributed by atoms with Crippen molar-refractivity contribution in [2.75, 3.05) is 7.05 Å². The van der Waals surface area contributed by atoms with Gasteiger partial charge in [-0.15, -0.1) is 0 Å². The molecule has 0 amide bonds. The average molecular weight is 262 g/mol. The van der Waals surface area contributed by atoms with E-state index in [1.165, 1.54) is 5.56 Å². The Kier molecular flexibility index (Phi) is 4.82. The van der Waals surface area contributed by atoms with E-state index in [2.05, 4.69) is 37.2 Å². The maximum atomic E-state index is 5.57. The molecule has 0 saturated heterocycles. The summed E-state index contributed by atoms with van der Waals surface area (Å²) in [7, 11) is 2.05. The molecule has 2 aromatic heterocycles. The van der Waals surface area contributed by atoms with Crippen molar-refractivity contribution in [3.05, 3.63) is 47.8 Å². The lowest BCUT2D eigenvalue weighted by atomic mass is 10.2. The Labute approximate surface area is 114 Å². The molecule has 4 heteroatoms. The molecule has 0 saturated carbocycles. The Morgan fingerprint density at radius 2 is 2.00 bits per heavy atom. The lowest BCUT2D eigenvalue weighted by molar-refractivity contribution is 0.264. The van der Waals surface area contributed by atoms with Crippen LogP contribution in [0.3, 0.4) is 0 Å². The van der Waals surface area contributed by atoms with Crippen molar-refractivity contribution >= 4 is 0 Å². The van der Waals surface area contributed by atoms with Crippen LogP contribution in [0, 0.1) is 0 Å². The topological polar surface area (TPSA) is 41.6 Å². The van der Waals surface area contributed by atoms with Gasteiger partial charge in [0.05, 0.1) is 25.6 Å². The van der Waals surface area contributed by atoms with Gasteiger partial charge in [-0.2, -0.15) is 0 Å². The molecular weight excluding hydrogens is 240 g/mol. The highest BCUT2D eigenvalue weighted by molar-refractivity contribution is 5.12. The summed E-state index contributed by atoms with van der Waals surface area (Å²) in [4.78, 5) is 2.16. The fraction of sp³-hybridized carbons (Fsp3) is 0.467. The number of rotatable bonds is 7. The van der Waals surface area contributed by atoms with Gasteiger partial charge >= 0.3 is 0 Å². The highest BCUT2D eigenvalue weighted by atomic mass is 16.3. The molecule has 0 unspecified atom stereocenters. The first-order chi connectivity index (χ1) is 9.13. The van der Waals surface area contributed by atoms with Crippen molar-refractivity contribution in [3.8, 4) is 0 Å². The Morgan fingerprint density at radius 1 is 1.21 bits per heavy atom. The molecule has 4 nitrogen and oxygen atoms in total. The van der Waals surface area contributed by atoms with E-state index in [9.17, 15) is 0 Å². The van der Waals surface area contributed by atoms with Gasteiger partial charge in [0, 0.05) is 18.2 Å². The predicted molar refractivity (Wildman–Crippen MR) is 74.6 cm³/mol. The number of nitrogens with zero attached hydrogens (tertiary/aromatic N) is 1. The van der Waals surface area contributed by atoms with Gasteiger partial charge in [-0.05, 0) is 25.2 Å². The molecule has 2 aromatic rings. The van der Waals surface area contributed by atoms with Gasteiger partial charge < -0.3 is 14.2 Å². The van der Waals surface area contributed by atoms with Crippen LogP contribution in [0.5, 0.6) is 0 Å². The maximum absolute atomic E-state index is 5.57. The Bertz CT molecular complexity index is 474. The van der Waals surface area contributed by atoms with Gasteiger partial charge in [0.1, 0.15) is 11.5 Å². The molecule has 104 valence electrons. The predicted octanol–water partition coefficient (Wildman–Crippen LogP) is 3.00. The van der Waals surface area contributed by atoms with E-state index in [4.69, 9.17) is 8.83 Å². The van der Waals surface area contributed by atoms with Gasteiger partial charge in [0.2, 0.25) is 0 Å². The van der Waals surface area contributed by atoms with Gasteiger partial charge in [-0.25, -0.2) is 0 Å². The molecule has 19 heavy (non-hydrogen) atoms. The number of hydrogen-bond acceptors (Lipinski definition) is 4. The van der Waals surface area contributed by atoms with Crippen molar-refractivity contribution in [3.63, 3.8) is 0 Å². The molecule has 0 aliphatic rings. The molecule has 0 aliphatic heterocycles. The van der Waals surface area contributed by atoms with Crippen LogP contribution in [-0.4, -0.2) is 18.0 Å². The van der Waals surface area contributed by atoms with Crippen LogP contribution in [0.2, 0.25) is 0 Å². The van der Waals surface area contributed by atoms with Crippen LogP contribution in [0.15, 0.2) is 39.6 Å². The summed E-state index contributed by atoms with van der Waals surface area (Å²) in [5.74, 6) is 1.95. The lowest BCUT2D eigenvalue weighted by Gasteiger charge is -2.12. The summed E-state index contributed by atoms with van der Waals surface area (Å²) < 4.78 is 10.9. The molecular formula is C15H22N2O2. The minimum absolute atomic E-state index is 0.486. The highest BCUT2D eigenvalue weighted by Gasteiger charge is 2.07. The minimum atomic E-state index is 0.486. The molecule has 0 spiro atoms. The minimum Gasteiger partial charge on any atom is -0.468 e. The normalized spacial score (nSPS) is 11.6. The summed E-state index contributed by atoms with van der Waals surface area (Å²) in [5, 5.41) is 3.38. The third-order valence-electron chi connectivity index (χ3n) is 2.85. The molecule has 0 aromatic carbocycles. The second-order valence-corrected chi connectivity index (χ2v) is 5.21. The molecule has 2 rings (SSSR count). The zero-order chi connectivity index (χ0) is 13.7. The standard InChI is InChI=1S/C15H22N2O2/c1-12(2)16-8-13-7-15(19-11-13)10-17(3)9-14-5-4-6-18-14/h4-7,11-12,16H,8-10H2,1-3H3. The van der Waals surface area contributed by atoms with Crippen molar-refractivity contribution in [1.29, 1.82) is 0 Å². The highest BCUT2D eigenvalue weighted by Crippen LogP contribution is 2.12. The zero-order valence-electron chi connectivity index (χ0n) is 11.8. The van der Waals surface area contributed by atoms with Gasteiger partial charge in [-0.3, -0.25) is 4.90 Å². The second-order valence-electron chi connectivity index (χ2n) is 5.21. The third kappa shape index (κ3) is 4.58. The summed E-state index contributed by atoms with van der Waals surface area (Å²) in [6.07, 6.45) is 3.53. The van der Waals surface area contributed by atoms with E-state index in [-0.39, 0.29) is 0 Å². The van der Waals surface area contributed by atoms with Crippen molar-refractivity contribution in [1.82, 2.24) is 10.2 Å². The molecule has 1 N–H and O–H groups in total. The van der Waals surface area contributed by atoms with Gasteiger partial charge in [0.15, 0.2) is 0 Å². The average Bonchev–Trinajstić information content (AvgIpc) is 2.98. The van der Waals surface area contributed by atoms with Crippen LogP contribution in [0.4, 0.5) is 0 Å². The maximum Gasteiger partial charge on any atom is 0.118 e. The van der Waals surface area contributed by atoms with Crippen molar-refractivity contribution < 1.29 is 8.83 Å². The molecule has 0 radical (unpaired) electrons. The molecule has 0 bridgehead atoms. The van der Waals surface area contributed by atoms with Crippen molar-refractivity contribution in [2.24, 2.45) is 0 Å². The molecule has 2 heterocycles. The fourth-order valence-corrected chi connectivity index (χ4v) is 1.91. The van der Waals surface area contributed by atoms with Gasteiger partial charge in [0.25, 0.3) is 0 Å². The first-order valence-corrected chi connectivity index (χ1v) is 6.64. The van der Waals surface area contributed by atoms with E-state index in [1.807, 2.05) is 18.4 Å².